The lowest BCUT2D eigenvalue weighted by molar-refractivity contribution is 0.475. The van der Waals surface area contributed by atoms with E-state index in [1.165, 1.54) is 0 Å². The van der Waals surface area contributed by atoms with E-state index < -0.39 is 0 Å². The average Bonchev–Trinajstić information content (AvgIpc) is 2.40. The van der Waals surface area contributed by atoms with Crippen molar-refractivity contribution >= 4 is 11.0 Å². The number of aromatic hydroxyl groups is 2. The topological polar surface area (TPSA) is 66.2 Å². The fraction of sp³-hybridized carbons (Fsp3) is 0. The zero-order valence-corrected chi connectivity index (χ0v) is 9.41. The summed E-state index contributed by atoms with van der Waals surface area (Å²) >= 11 is 0. The van der Waals surface area contributed by atoms with Crippen LogP contribution in [0, 0.1) is 0 Å². The maximum absolute atomic E-state index is 9.74. The van der Waals surface area contributed by atoms with Crippen LogP contribution in [0.2, 0.25) is 0 Å². The van der Waals surface area contributed by atoms with Crippen LogP contribution in [-0.4, -0.2) is 20.2 Å². The van der Waals surface area contributed by atoms with Crippen molar-refractivity contribution in [1.82, 2.24) is 9.97 Å². The van der Waals surface area contributed by atoms with Crippen molar-refractivity contribution in [3.63, 3.8) is 0 Å². The number of phenolic OH excluding ortho intramolecular Hbond substituents is 2. The molecule has 4 heteroatoms. The van der Waals surface area contributed by atoms with Crippen molar-refractivity contribution in [3.05, 3.63) is 48.7 Å². The molecule has 1 heterocycles. The Kier molecular flexibility index (Phi) is 2.34. The van der Waals surface area contributed by atoms with Crippen molar-refractivity contribution in [2.24, 2.45) is 0 Å². The fourth-order valence-electron chi connectivity index (χ4n) is 1.79. The third kappa shape index (κ3) is 1.73. The third-order valence-electron chi connectivity index (χ3n) is 2.71. The van der Waals surface area contributed by atoms with Crippen LogP contribution in [0.4, 0.5) is 0 Å². The van der Waals surface area contributed by atoms with Crippen molar-refractivity contribution < 1.29 is 10.2 Å². The van der Waals surface area contributed by atoms with E-state index >= 15 is 0 Å². The Morgan fingerprint density at radius 1 is 0.889 bits per heavy atom. The zero-order valence-electron chi connectivity index (χ0n) is 9.41. The Labute approximate surface area is 103 Å². The standard InChI is InChI=1S/C14H10N2O2/c17-10-6-4-9(5-7-10)12-8-15-11-2-1-3-13(18)14(11)16-12/h1-8,17-18H. The van der Waals surface area contributed by atoms with E-state index in [0.29, 0.717) is 16.7 Å². The van der Waals surface area contributed by atoms with Crippen molar-refractivity contribution in [2.45, 2.75) is 0 Å². The smallest absolute Gasteiger partial charge is 0.143 e. The highest BCUT2D eigenvalue weighted by Gasteiger charge is 2.05. The summed E-state index contributed by atoms with van der Waals surface area (Å²) in [6.07, 6.45) is 1.65. The van der Waals surface area contributed by atoms with Crippen LogP contribution in [0.3, 0.4) is 0 Å². The van der Waals surface area contributed by atoms with Gasteiger partial charge in [-0.25, -0.2) is 4.98 Å². The highest BCUT2D eigenvalue weighted by Crippen LogP contribution is 2.25. The van der Waals surface area contributed by atoms with Crippen molar-refractivity contribution in [1.29, 1.82) is 0 Å². The van der Waals surface area contributed by atoms with Crippen LogP contribution in [0.1, 0.15) is 0 Å². The molecule has 3 aromatic rings. The van der Waals surface area contributed by atoms with E-state index in [9.17, 15) is 10.2 Å². The number of hydrogen-bond donors (Lipinski definition) is 2. The summed E-state index contributed by atoms with van der Waals surface area (Å²) in [7, 11) is 0. The first-order valence-corrected chi connectivity index (χ1v) is 5.48. The summed E-state index contributed by atoms with van der Waals surface area (Å²) < 4.78 is 0. The number of para-hydroxylation sites is 1. The first-order chi connectivity index (χ1) is 8.74. The lowest BCUT2D eigenvalue weighted by atomic mass is 10.1. The number of fused-ring (bicyclic) bond motifs is 1. The molecule has 88 valence electrons. The Hall–Kier alpha value is -2.62. The van der Waals surface area contributed by atoms with E-state index in [4.69, 9.17) is 0 Å². The lowest BCUT2D eigenvalue weighted by Crippen LogP contribution is -1.88. The molecule has 0 atom stereocenters. The van der Waals surface area contributed by atoms with E-state index in [-0.39, 0.29) is 11.5 Å². The van der Waals surface area contributed by atoms with E-state index in [1.54, 1.807) is 48.7 Å². The predicted octanol–water partition coefficient (Wildman–Crippen LogP) is 2.71. The van der Waals surface area contributed by atoms with Gasteiger partial charge in [0.15, 0.2) is 0 Å². The second-order valence-electron chi connectivity index (χ2n) is 3.95. The van der Waals surface area contributed by atoms with E-state index in [0.717, 1.165) is 5.56 Å². The number of phenols is 2. The first-order valence-electron chi connectivity index (χ1n) is 5.48. The maximum atomic E-state index is 9.74. The molecule has 0 aliphatic rings. The highest BCUT2D eigenvalue weighted by molar-refractivity contribution is 5.82. The van der Waals surface area contributed by atoms with Gasteiger partial charge in [-0.15, -0.1) is 0 Å². The fourth-order valence-corrected chi connectivity index (χ4v) is 1.79. The van der Waals surface area contributed by atoms with Gasteiger partial charge < -0.3 is 10.2 Å². The van der Waals surface area contributed by atoms with Gasteiger partial charge in [-0.1, -0.05) is 6.07 Å². The molecule has 0 amide bonds. The normalized spacial score (nSPS) is 10.7. The summed E-state index contributed by atoms with van der Waals surface area (Å²) in [6.45, 7) is 0. The van der Waals surface area contributed by atoms with Gasteiger partial charge >= 0.3 is 0 Å². The Morgan fingerprint density at radius 2 is 1.67 bits per heavy atom. The van der Waals surface area contributed by atoms with Crippen LogP contribution < -0.4 is 0 Å². The van der Waals surface area contributed by atoms with Crippen LogP contribution >= 0.6 is 0 Å². The summed E-state index contributed by atoms with van der Waals surface area (Å²) in [4.78, 5) is 8.64. The molecule has 1 aromatic heterocycles. The Balaban J connectivity index is 2.18. The van der Waals surface area contributed by atoms with Gasteiger partial charge in [0.2, 0.25) is 0 Å². The quantitative estimate of drug-likeness (QED) is 0.684. The largest absolute Gasteiger partial charge is 0.508 e. The molecule has 0 radical (unpaired) electrons. The number of hydrogen-bond acceptors (Lipinski definition) is 4. The van der Waals surface area contributed by atoms with Crippen LogP contribution in [0.15, 0.2) is 48.7 Å². The minimum atomic E-state index is 0.112. The maximum Gasteiger partial charge on any atom is 0.143 e. The predicted molar refractivity (Wildman–Crippen MR) is 68.3 cm³/mol. The summed E-state index contributed by atoms with van der Waals surface area (Å²) in [5.41, 5.74) is 2.62. The molecule has 2 aromatic carbocycles. The molecule has 0 aliphatic heterocycles. The van der Waals surface area contributed by atoms with E-state index in [2.05, 4.69) is 9.97 Å². The molecular formula is C14H10N2O2. The minimum absolute atomic E-state index is 0.112. The SMILES string of the molecule is Oc1ccc(-c2cnc3cccc(O)c3n2)cc1. The monoisotopic (exact) mass is 238 g/mol. The molecule has 0 saturated carbocycles. The third-order valence-corrected chi connectivity index (χ3v) is 2.71. The zero-order chi connectivity index (χ0) is 12.5. The van der Waals surface area contributed by atoms with Crippen molar-refractivity contribution in [3.8, 4) is 22.8 Å². The summed E-state index contributed by atoms with van der Waals surface area (Å²) in [5.74, 6) is 0.316. The molecular weight excluding hydrogens is 228 g/mol. The molecule has 2 N–H and O–H groups in total. The molecule has 0 aliphatic carbocycles. The first kappa shape index (κ1) is 10.5. The van der Waals surface area contributed by atoms with Gasteiger partial charge in [0, 0.05) is 5.56 Å². The van der Waals surface area contributed by atoms with Crippen LogP contribution in [0.5, 0.6) is 11.5 Å². The Morgan fingerprint density at radius 3 is 2.44 bits per heavy atom. The van der Waals surface area contributed by atoms with Crippen LogP contribution in [-0.2, 0) is 0 Å². The summed E-state index contributed by atoms with van der Waals surface area (Å²) in [6, 6.07) is 11.8. The molecule has 0 saturated heterocycles. The van der Waals surface area contributed by atoms with Gasteiger partial charge in [0.1, 0.15) is 17.0 Å². The van der Waals surface area contributed by atoms with Gasteiger partial charge in [-0.2, -0.15) is 0 Å². The molecule has 0 spiro atoms. The van der Waals surface area contributed by atoms with Gasteiger partial charge in [-0.05, 0) is 36.4 Å². The molecule has 0 fully saturated rings. The average molecular weight is 238 g/mol. The number of nitrogens with zero attached hydrogens (tertiary/aromatic N) is 2. The molecule has 4 nitrogen and oxygen atoms in total. The second kappa shape index (κ2) is 4.00. The molecule has 3 rings (SSSR count). The van der Waals surface area contributed by atoms with Gasteiger partial charge in [-0.3, -0.25) is 4.98 Å². The van der Waals surface area contributed by atoms with E-state index in [1.807, 2.05) is 0 Å². The minimum Gasteiger partial charge on any atom is -0.508 e. The number of rotatable bonds is 1. The second-order valence-corrected chi connectivity index (χ2v) is 3.95. The number of benzene rings is 2. The van der Waals surface area contributed by atoms with Crippen LogP contribution in [0.25, 0.3) is 22.3 Å². The highest BCUT2D eigenvalue weighted by atomic mass is 16.3. The Bertz CT molecular complexity index is 709. The molecule has 0 unspecified atom stereocenters. The number of aromatic nitrogens is 2. The lowest BCUT2D eigenvalue weighted by Gasteiger charge is -2.04. The molecule has 0 bridgehead atoms. The summed E-state index contributed by atoms with van der Waals surface area (Å²) in [5, 5.41) is 19.0. The van der Waals surface area contributed by atoms with Gasteiger partial charge in [0.05, 0.1) is 17.4 Å². The van der Waals surface area contributed by atoms with Gasteiger partial charge in [0.25, 0.3) is 0 Å². The molecule has 18 heavy (non-hydrogen) atoms. The van der Waals surface area contributed by atoms with Crippen molar-refractivity contribution in [2.75, 3.05) is 0 Å².